The molecule has 0 saturated heterocycles. The maximum Gasteiger partial charge on any atom is 0.233 e. The minimum atomic E-state index is -0.338. The number of hydrogen-bond acceptors (Lipinski definition) is 5. The molecule has 0 fully saturated rings. The SMILES string of the molecule is COc1cccc(OC)c1C=NNC(=N)NO. The molecule has 0 atom stereocenters. The van der Waals surface area contributed by atoms with Gasteiger partial charge in [0.1, 0.15) is 11.5 Å². The molecule has 17 heavy (non-hydrogen) atoms. The molecule has 0 spiro atoms. The molecule has 0 aliphatic rings. The number of rotatable bonds is 4. The van der Waals surface area contributed by atoms with Crippen molar-refractivity contribution in [3.05, 3.63) is 23.8 Å². The normalized spacial score (nSPS) is 10.1. The van der Waals surface area contributed by atoms with Crippen molar-refractivity contribution < 1.29 is 14.7 Å². The summed E-state index contributed by atoms with van der Waals surface area (Å²) in [6, 6.07) is 5.32. The number of methoxy groups -OCH3 is 2. The van der Waals surface area contributed by atoms with E-state index in [1.54, 1.807) is 23.7 Å². The van der Waals surface area contributed by atoms with Crippen LogP contribution in [0.3, 0.4) is 0 Å². The van der Waals surface area contributed by atoms with E-state index in [1.165, 1.54) is 20.4 Å². The zero-order valence-corrected chi connectivity index (χ0v) is 9.52. The first-order valence-electron chi connectivity index (χ1n) is 4.71. The van der Waals surface area contributed by atoms with Crippen molar-refractivity contribution >= 4 is 12.2 Å². The van der Waals surface area contributed by atoms with Crippen molar-refractivity contribution in [3.8, 4) is 11.5 Å². The first-order valence-corrected chi connectivity index (χ1v) is 4.71. The number of nitrogens with zero attached hydrogens (tertiary/aromatic N) is 1. The number of ether oxygens (including phenoxy) is 2. The van der Waals surface area contributed by atoms with Gasteiger partial charge in [0, 0.05) is 0 Å². The second kappa shape index (κ2) is 6.33. The fraction of sp³-hybridized carbons (Fsp3) is 0.200. The Morgan fingerprint density at radius 2 is 1.94 bits per heavy atom. The molecule has 0 aliphatic carbocycles. The maximum absolute atomic E-state index is 8.37. The van der Waals surface area contributed by atoms with Crippen LogP contribution in [0.5, 0.6) is 11.5 Å². The molecule has 0 aromatic heterocycles. The van der Waals surface area contributed by atoms with Crippen molar-refractivity contribution in [3.63, 3.8) is 0 Å². The van der Waals surface area contributed by atoms with E-state index in [-0.39, 0.29) is 5.96 Å². The van der Waals surface area contributed by atoms with Gasteiger partial charge >= 0.3 is 0 Å². The van der Waals surface area contributed by atoms with Crippen LogP contribution >= 0.6 is 0 Å². The number of benzene rings is 1. The summed E-state index contributed by atoms with van der Waals surface area (Å²) in [7, 11) is 3.08. The predicted octanol–water partition coefficient (Wildman–Crippen LogP) is 0.541. The number of guanidine groups is 1. The maximum atomic E-state index is 8.37. The Morgan fingerprint density at radius 3 is 2.41 bits per heavy atom. The van der Waals surface area contributed by atoms with Gasteiger partial charge in [0.25, 0.3) is 0 Å². The molecular formula is C10H14N4O3. The Morgan fingerprint density at radius 1 is 1.35 bits per heavy atom. The van der Waals surface area contributed by atoms with Crippen molar-refractivity contribution in [1.29, 1.82) is 5.41 Å². The summed E-state index contributed by atoms with van der Waals surface area (Å²) >= 11 is 0. The van der Waals surface area contributed by atoms with Crippen LogP contribution in [-0.2, 0) is 0 Å². The van der Waals surface area contributed by atoms with Crippen molar-refractivity contribution in [2.75, 3.05) is 14.2 Å². The lowest BCUT2D eigenvalue weighted by Crippen LogP contribution is -2.30. The molecular weight excluding hydrogens is 224 g/mol. The van der Waals surface area contributed by atoms with Crippen LogP contribution in [0.2, 0.25) is 0 Å². The Balaban J connectivity index is 2.91. The van der Waals surface area contributed by atoms with E-state index in [9.17, 15) is 0 Å². The third-order valence-corrected chi connectivity index (χ3v) is 1.95. The van der Waals surface area contributed by atoms with E-state index in [1.807, 2.05) is 0 Å². The van der Waals surface area contributed by atoms with Gasteiger partial charge in [-0.2, -0.15) is 5.10 Å². The zero-order valence-electron chi connectivity index (χ0n) is 9.52. The van der Waals surface area contributed by atoms with Crippen LogP contribution < -0.4 is 20.4 Å². The third-order valence-electron chi connectivity index (χ3n) is 1.95. The van der Waals surface area contributed by atoms with Gasteiger partial charge in [-0.05, 0) is 12.1 Å². The monoisotopic (exact) mass is 238 g/mol. The van der Waals surface area contributed by atoms with Crippen LogP contribution in [0.4, 0.5) is 0 Å². The molecule has 4 N–H and O–H groups in total. The molecule has 7 heteroatoms. The minimum Gasteiger partial charge on any atom is -0.496 e. The number of hydrazone groups is 1. The van der Waals surface area contributed by atoms with Gasteiger partial charge in [-0.15, -0.1) is 0 Å². The molecule has 0 aliphatic heterocycles. The van der Waals surface area contributed by atoms with E-state index < -0.39 is 0 Å². The largest absolute Gasteiger partial charge is 0.496 e. The molecule has 0 amide bonds. The molecule has 0 unspecified atom stereocenters. The van der Waals surface area contributed by atoms with Crippen molar-refractivity contribution in [1.82, 2.24) is 10.9 Å². The summed E-state index contributed by atoms with van der Waals surface area (Å²) in [6.45, 7) is 0. The molecule has 7 nitrogen and oxygen atoms in total. The van der Waals surface area contributed by atoms with Crippen LogP contribution in [0, 0.1) is 5.41 Å². The number of hydroxylamine groups is 1. The fourth-order valence-corrected chi connectivity index (χ4v) is 1.19. The fourth-order valence-electron chi connectivity index (χ4n) is 1.19. The lowest BCUT2D eigenvalue weighted by atomic mass is 10.2. The van der Waals surface area contributed by atoms with E-state index in [0.717, 1.165) is 0 Å². The Bertz CT molecular complexity index is 398. The highest BCUT2D eigenvalue weighted by molar-refractivity contribution is 5.88. The van der Waals surface area contributed by atoms with Gasteiger partial charge in [-0.25, -0.2) is 10.9 Å². The molecule has 1 aromatic rings. The summed E-state index contributed by atoms with van der Waals surface area (Å²) in [5.74, 6) is 0.854. The minimum absolute atomic E-state index is 0.338. The van der Waals surface area contributed by atoms with Crippen LogP contribution in [0.25, 0.3) is 0 Å². The highest BCUT2D eigenvalue weighted by atomic mass is 16.5. The van der Waals surface area contributed by atoms with E-state index in [0.29, 0.717) is 17.1 Å². The topological polar surface area (TPSA) is 99.0 Å². The smallest absolute Gasteiger partial charge is 0.233 e. The van der Waals surface area contributed by atoms with Gasteiger partial charge in [-0.3, -0.25) is 10.6 Å². The van der Waals surface area contributed by atoms with Gasteiger partial charge in [-0.1, -0.05) is 6.07 Å². The molecule has 0 heterocycles. The highest BCUT2D eigenvalue weighted by Gasteiger charge is 2.06. The Kier molecular flexibility index (Phi) is 4.77. The summed E-state index contributed by atoms with van der Waals surface area (Å²) < 4.78 is 10.3. The summed E-state index contributed by atoms with van der Waals surface area (Å²) in [4.78, 5) is 0. The first kappa shape index (κ1) is 12.8. The summed E-state index contributed by atoms with van der Waals surface area (Å²) in [5.41, 5.74) is 4.50. The van der Waals surface area contributed by atoms with Crippen LogP contribution in [0.15, 0.2) is 23.3 Å². The average molecular weight is 238 g/mol. The van der Waals surface area contributed by atoms with Crippen LogP contribution in [-0.4, -0.2) is 31.6 Å². The second-order valence-electron chi connectivity index (χ2n) is 2.93. The molecule has 92 valence electrons. The standard InChI is InChI=1S/C10H14N4O3/c1-16-8-4-3-5-9(17-2)7(8)6-12-13-10(11)14-15/h3-6,15H,1-2H3,(H3,11,13,14). The quantitative estimate of drug-likeness (QED) is 0.348. The molecule has 1 aromatic carbocycles. The van der Waals surface area contributed by atoms with E-state index >= 15 is 0 Å². The van der Waals surface area contributed by atoms with Gasteiger partial charge in [0.15, 0.2) is 0 Å². The average Bonchev–Trinajstić information content (AvgIpc) is 2.38. The first-order chi connectivity index (χ1) is 8.22. The van der Waals surface area contributed by atoms with Gasteiger partial charge in [0.05, 0.1) is 26.0 Å². The molecule has 1 rings (SSSR count). The van der Waals surface area contributed by atoms with Gasteiger partial charge < -0.3 is 9.47 Å². The second-order valence-corrected chi connectivity index (χ2v) is 2.93. The van der Waals surface area contributed by atoms with E-state index in [4.69, 9.17) is 20.1 Å². The Hall–Kier alpha value is -2.28. The lowest BCUT2D eigenvalue weighted by Gasteiger charge is -2.09. The molecule has 0 radical (unpaired) electrons. The van der Waals surface area contributed by atoms with Crippen LogP contribution in [0.1, 0.15) is 5.56 Å². The zero-order chi connectivity index (χ0) is 12.7. The lowest BCUT2D eigenvalue weighted by molar-refractivity contribution is 0.228. The number of hydrogen-bond donors (Lipinski definition) is 4. The number of nitrogens with one attached hydrogen (secondary N) is 3. The summed E-state index contributed by atoms with van der Waals surface area (Å²) in [5, 5.41) is 19.2. The summed E-state index contributed by atoms with van der Waals surface area (Å²) in [6.07, 6.45) is 1.43. The Labute approximate surface area is 98.5 Å². The van der Waals surface area contributed by atoms with Crippen molar-refractivity contribution in [2.24, 2.45) is 5.10 Å². The predicted molar refractivity (Wildman–Crippen MR) is 62.9 cm³/mol. The van der Waals surface area contributed by atoms with Crippen molar-refractivity contribution in [2.45, 2.75) is 0 Å². The highest BCUT2D eigenvalue weighted by Crippen LogP contribution is 2.25. The van der Waals surface area contributed by atoms with E-state index in [2.05, 4.69) is 10.5 Å². The molecule has 0 bridgehead atoms. The van der Waals surface area contributed by atoms with Gasteiger partial charge in [0.2, 0.25) is 5.96 Å². The third kappa shape index (κ3) is 3.35. The molecule has 0 saturated carbocycles.